The van der Waals surface area contributed by atoms with Gasteiger partial charge in [-0.05, 0) is 48.2 Å². The molecule has 2 N–H and O–H groups in total. The van der Waals surface area contributed by atoms with Gasteiger partial charge in [0.2, 0.25) is 5.88 Å². The van der Waals surface area contributed by atoms with Gasteiger partial charge in [-0.1, -0.05) is 24.8 Å². The summed E-state index contributed by atoms with van der Waals surface area (Å²) in [6.45, 7) is 6.13. The number of pyridine rings is 1. The van der Waals surface area contributed by atoms with Crippen molar-refractivity contribution in [3.8, 4) is 34.0 Å². The van der Waals surface area contributed by atoms with Gasteiger partial charge in [-0.25, -0.2) is 14.4 Å². The van der Waals surface area contributed by atoms with Crippen molar-refractivity contribution in [3.63, 3.8) is 0 Å². The van der Waals surface area contributed by atoms with E-state index < -0.39 is 12.1 Å². The molecule has 0 spiro atoms. The fraction of sp³-hybridized carbons (Fsp3) is 0.280. The molecular formula is C25H24FN5O2. The lowest BCUT2D eigenvalue weighted by molar-refractivity contribution is 0.146. The number of phenolic OH excluding ortho intramolecular Hbond substituents is 1. The lowest BCUT2D eigenvalue weighted by atomic mass is 9.79. The molecule has 0 saturated carbocycles. The largest absolute Gasteiger partial charge is 0.507 e. The highest BCUT2D eigenvalue weighted by molar-refractivity contribution is 5.74. The van der Waals surface area contributed by atoms with Crippen LogP contribution < -0.4 is 10.1 Å². The molecule has 0 aliphatic carbocycles. The minimum Gasteiger partial charge on any atom is -0.507 e. The first-order valence-corrected chi connectivity index (χ1v) is 10.7. The van der Waals surface area contributed by atoms with Crippen molar-refractivity contribution in [2.75, 3.05) is 7.11 Å². The van der Waals surface area contributed by atoms with Gasteiger partial charge in [0.05, 0.1) is 19.3 Å². The highest BCUT2D eigenvalue weighted by Crippen LogP contribution is 2.41. The molecule has 33 heavy (non-hydrogen) atoms. The van der Waals surface area contributed by atoms with E-state index in [1.165, 1.54) is 6.20 Å². The number of phenols is 1. The van der Waals surface area contributed by atoms with Crippen LogP contribution in [0.2, 0.25) is 0 Å². The van der Waals surface area contributed by atoms with Gasteiger partial charge in [0.25, 0.3) is 0 Å². The fourth-order valence-corrected chi connectivity index (χ4v) is 4.58. The molecule has 4 atom stereocenters. The van der Waals surface area contributed by atoms with Crippen molar-refractivity contribution in [3.05, 3.63) is 67.3 Å². The second kappa shape index (κ2) is 8.04. The first kappa shape index (κ1) is 21.2. The maximum atomic E-state index is 15.0. The van der Waals surface area contributed by atoms with Gasteiger partial charge in [0.15, 0.2) is 5.82 Å². The van der Waals surface area contributed by atoms with E-state index in [1.54, 1.807) is 31.5 Å². The number of allylic oxidation sites excluding steroid dienone is 1. The van der Waals surface area contributed by atoms with Gasteiger partial charge in [-0.2, -0.15) is 0 Å². The number of rotatable bonds is 5. The molecule has 168 valence electrons. The monoisotopic (exact) mass is 445 g/mol. The van der Waals surface area contributed by atoms with Gasteiger partial charge >= 0.3 is 0 Å². The first-order valence-electron chi connectivity index (χ1n) is 10.7. The van der Waals surface area contributed by atoms with Gasteiger partial charge in [0, 0.05) is 29.3 Å². The van der Waals surface area contributed by atoms with E-state index in [-0.39, 0.29) is 17.3 Å². The van der Waals surface area contributed by atoms with Crippen molar-refractivity contribution < 1.29 is 14.2 Å². The summed E-state index contributed by atoms with van der Waals surface area (Å²) in [6.07, 6.45) is 6.55. The van der Waals surface area contributed by atoms with E-state index in [9.17, 15) is 9.50 Å². The summed E-state index contributed by atoms with van der Waals surface area (Å²) in [7, 11) is 1.55. The molecule has 2 aliphatic heterocycles. The lowest BCUT2D eigenvalue weighted by Gasteiger charge is -2.39. The number of nitrogens with zero attached hydrogens (tertiary/aromatic N) is 4. The number of ether oxygens (including phenoxy) is 1. The minimum absolute atomic E-state index is 0.0451. The van der Waals surface area contributed by atoms with Crippen LogP contribution >= 0.6 is 0 Å². The van der Waals surface area contributed by atoms with Gasteiger partial charge in [-0.3, -0.25) is 5.32 Å². The molecular weight excluding hydrogens is 421 g/mol. The van der Waals surface area contributed by atoms with Crippen LogP contribution in [0.25, 0.3) is 28.0 Å². The molecule has 3 aromatic rings. The van der Waals surface area contributed by atoms with E-state index in [4.69, 9.17) is 4.74 Å². The maximum Gasteiger partial charge on any atom is 0.213 e. The van der Waals surface area contributed by atoms with Crippen LogP contribution in [-0.4, -0.2) is 50.1 Å². The Hall–Kier alpha value is -3.65. The predicted octanol–water partition coefficient (Wildman–Crippen LogP) is 3.97. The number of alkyl halides is 1. The number of piperidine rings is 1. The Balaban J connectivity index is 1.37. The minimum atomic E-state index is -1.10. The van der Waals surface area contributed by atoms with E-state index in [0.717, 1.165) is 11.1 Å². The summed E-state index contributed by atoms with van der Waals surface area (Å²) >= 11 is 0. The Morgan fingerprint density at radius 2 is 2.03 bits per heavy atom. The van der Waals surface area contributed by atoms with Crippen LogP contribution in [0, 0.1) is 5.92 Å². The zero-order chi connectivity index (χ0) is 23.2. The van der Waals surface area contributed by atoms with Crippen LogP contribution in [0.1, 0.15) is 19.2 Å². The molecule has 2 aliphatic rings. The van der Waals surface area contributed by atoms with Crippen molar-refractivity contribution in [1.82, 2.24) is 25.5 Å². The maximum absolute atomic E-state index is 15.0. The topological polar surface area (TPSA) is 93.1 Å². The number of hydrogen-bond acceptors (Lipinski definition) is 7. The molecule has 7 nitrogen and oxygen atoms in total. The summed E-state index contributed by atoms with van der Waals surface area (Å²) in [4.78, 5) is 8.48. The lowest BCUT2D eigenvalue weighted by Crippen LogP contribution is -2.54. The first-order chi connectivity index (χ1) is 15.9. The third-order valence-electron chi connectivity index (χ3n) is 6.39. The van der Waals surface area contributed by atoms with Crippen LogP contribution in [-0.2, 0) is 0 Å². The number of methoxy groups -OCH3 is 1. The SMILES string of the molecule is C=C(c1ncc(-c2ccc(-c3ccnc(OC)c3)cc2O)nn1)[C@@H]1C[C@@]2(C)C=CC(N2)[C@@H]1F. The smallest absolute Gasteiger partial charge is 0.213 e. The average Bonchev–Trinajstić information content (AvgIpc) is 3.18. The van der Waals surface area contributed by atoms with Crippen LogP contribution in [0.4, 0.5) is 4.39 Å². The van der Waals surface area contributed by atoms with Crippen molar-refractivity contribution in [2.24, 2.45) is 5.92 Å². The zero-order valence-electron chi connectivity index (χ0n) is 18.4. The number of fused-ring (bicyclic) bond motifs is 2. The normalized spacial score (nSPS) is 25.7. The molecule has 1 aromatic carbocycles. The summed E-state index contributed by atoms with van der Waals surface area (Å²) in [6, 6.07) is 8.56. The Kier molecular flexibility index (Phi) is 5.17. The molecule has 0 amide bonds. The summed E-state index contributed by atoms with van der Waals surface area (Å²) < 4.78 is 20.1. The third kappa shape index (κ3) is 3.87. The van der Waals surface area contributed by atoms with Gasteiger partial charge in [-0.15, -0.1) is 10.2 Å². The molecule has 8 heteroatoms. The molecule has 1 unspecified atom stereocenters. The van der Waals surface area contributed by atoms with E-state index in [0.29, 0.717) is 35.0 Å². The standard InChI is InChI=1S/C25H24FN5O2/c1-14(18-12-25(2)8-6-19(29-25)23(18)26)24-28-13-20(30-31-24)17-5-4-15(10-21(17)32)16-7-9-27-22(11-16)33-3/h4-11,13,18-19,23,29,32H,1,12H2,2-3H3/t18-,19?,23+,25+/m0/s1. The molecule has 4 heterocycles. The van der Waals surface area contributed by atoms with Crippen molar-refractivity contribution in [2.45, 2.75) is 31.1 Å². The van der Waals surface area contributed by atoms with Crippen molar-refractivity contribution in [1.29, 1.82) is 0 Å². The fourth-order valence-electron chi connectivity index (χ4n) is 4.58. The third-order valence-corrected chi connectivity index (χ3v) is 6.39. The summed E-state index contributed by atoms with van der Waals surface area (Å²) in [5.41, 5.74) is 2.87. The van der Waals surface area contributed by atoms with Crippen molar-refractivity contribution >= 4 is 5.57 Å². The molecule has 5 rings (SSSR count). The van der Waals surface area contributed by atoms with E-state index >= 15 is 0 Å². The Labute approximate surface area is 191 Å². The second-order valence-corrected chi connectivity index (χ2v) is 8.71. The molecule has 1 fully saturated rings. The zero-order valence-corrected chi connectivity index (χ0v) is 18.4. The highest BCUT2D eigenvalue weighted by atomic mass is 19.1. The number of nitrogens with one attached hydrogen (secondary N) is 1. The Bertz CT molecular complexity index is 1250. The Morgan fingerprint density at radius 3 is 2.76 bits per heavy atom. The second-order valence-electron chi connectivity index (χ2n) is 8.71. The molecule has 2 aromatic heterocycles. The van der Waals surface area contributed by atoms with Gasteiger partial charge in [0.1, 0.15) is 17.6 Å². The Morgan fingerprint density at radius 1 is 1.21 bits per heavy atom. The van der Waals surface area contributed by atoms with Crippen LogP contribution in [0.5, 0.6) is 11.6 Å². The predicted molar refractivity (Wildman–Crippen MR) is 123 cm³/mol. The molecule has 1 saturated heterocycles. The average molecular weight is 445 g/mol. The molecule has 2 bridgehead atoms. The summed E-state index contributed by atoms with van der Waals surface area (Å²) in [5.74, 6) is 0.456. The van der Waals surface area contributed by atoms with Gasteiger partial charge < -0.3 is 9.84 Å². The van der Waals surface area contributed by atoms with E-state index in [1.807, 2.05) is 31.2 Å². The number of aromatic nitrogens is 4. The number of halogens is 1. The number of benzene rings is 1. The number of hydrogen-bond donors (Lipinski definition) is 2. The van der Waals surface area contributed by atoms with Crippen LogP contribution in [0.15, 0.2) is 61.5 Å². The number of aromatic hydroxyl groups is 1. The van der Waals surface area contributed by atoms with E-state index in [2.05, 4.69) is 32.1 Å². The quantitative estimate of drug-likeness (QED) is 0.574. The molecule has 0 radical (unpaired) electrons. The van der Waals surface area contributed by atoms with Crippen LogP contribution in [0.3, 0.4) is 0 Å². The highest BCUT2D eigenvalue weighted by Gasteiger charge is 2.46. The summed E-state index contributed by atoms with van der Waals surface area (Å²) in [5, 5.41) is 22.3.